The van der Waals surface area contributed by atoms with E-state index < -0.39 is 5.41 Å². The van der Waals surface area contributed by atoms with Gasteiger partial charge in [0.05, 0.1) is 71.5 Å². The van der Waals surface area contributed by atoms with Crippen molar-refractivity contribution in [1.29, 1.82) is 0 Å². The maximum Gasteiger partial charge on any atom is 0.104 e. The predicted molar refractivity (Wildman–Crippen MR) is 86.6 cm³/mol. The SMILES string of the molecule is OCCCOCC(COCC1CO1)(COCC1CO1)COCC1CO1. The third-order valence-electron chi connectivity index (χ3n) is 4.20. The van der Waals surface area contributed by atoms with Crippen LogP contribution < -0.4 is 0 Å². The quantitative estimate of drug-likeness (QED) is 0.276. The standard InChI is InChI=1S/C17H30O8/c18-2-1-3-19-10-17(11-20-4-14-7-23-14,12-21-5-15-8-24-15)13-22-6-16-9-25-16/h14-16,18H,1-13H2. The zero-order chi connectivity index (χ0) is 17.4. The molecule has 0 aliphatic carbocycles. The molecule has 3 rings (SSSR count). The first kappa shape index (κ1) is 19.4. The molecule has 3 atom stereocenters. The van der Waals surface area contributed by atoms with Gasteiger partial charge in [0, 0.05) is 13.2 Å². The first-order chi connectivity index (χ1) is 12.3. The van der Waals surface area contributed by atoms with Crippen molar-refractivity contribution >= 4 is 0 Å². The molecule has 0 aromatic carbocycles. The van der Waals surface area contributed by atoms with Crippen molar-refractivity contribution in [3.8, 4) is 0 Å². The summed E-state index contributed by atoms with van der Waals surface area (Å²) in [6.07, 6.45) is 1.26. The molecule has 0 bridgehead atoms. The number of ether oxygens (including phenoxy) is 7. The molecular formula is C17H30O8. The Balaban J connectivity index is 1.47. The average Bonchev–Trinajstić information content (AvgIpc) is 3.46. The summed E-state index contributed by atoms with van der Waals surface area (Å²) in [7, 11) is 0. The van der Waals surface area contributed by atoms with Crippen molar-refractivity contribution in [3.63, 3.8) is 0 Å². The minimum absolute atomic E-state index is 0.119. The number of hydrogen-bond acceptors (Lipinski definition) is 8. The summed E-state index contributed by atoms with van der Waals surface area (Å²) in [6, 6.07) is 0. The molecule has 0 radical (unpaired) electrons. The molecule has 0 spiro atoms. The Kier molecular flexibility index (Phi) is 7.88. The highest BCUT2D eigenvalue weighted by atomic mass is 16.6. The zero-order valence-electron chi connectivity index (χ0n) is 14.7. The second-order valence-corrected chi connectivity index (χ2v) is 7.04. The monoisotopic (exact) mass is 362 g/mol. The summed E-state index contributed by atoms with van der Waals surface area (Å²) in [5.74, 6) is 0. The fourth-order valence-corrected chi connectivity index (χ4v) is 2.42. The van der Waals surface area contributed by atoms with Gasteiger partial charge in [0.2, 0.25) is 0 Å². The second-order valence-electron chi connectivity index (χ2n) is 7.04. The van der Waals surface area contributed by atoms with Crippen molar-refractivity contribution in [2.24, 2.45) is 5.41 Å². The summed E-state index contributed by atoms with van der Waals surface area (Å²) in [4.78, 5) is 0. The van der Waals surface area contributed by atoms with E-state index >= 15 is 0 Å². The maximum atomic E-state index is 8.93. The molecule has 146 valence electrons. The van der Waals surface area contributed by atoms with Gasteiger partial charge in [-0.15, -0.1) is 0 Å². The minimum atomic E-state index is -0.395. The summed E-state index contributed by atoms with van der Waals surface area (Å²) in [5, 5.41) is 8.93. The van der Waals surface area contributed by atoms with E-state index in [0.717, 1.165) is 19.8 Å². The lowest BCUT2D eigenvalue weighted by molar-refractivity contribution is -0.110. The van der Waals surface area contributed by atoms with Crippen LogP contribution in [0.4, 0.5) is 0 Å². The normalized spacial score (nSPS) is 29.4. The Morgan fingerprint density at radius 2 is 1.12 bits per heavy atom. The lowest BCUT2D eigenvalue weighted by Gasteiger charge is -2.33. The van der Waals surface area contributed by atoms with Gasteiger partial charge in [-0.2, -0.15) is 0 Å². The highest BCUT2D eigenvalue weighted by molar-refractivity contribution is 4.82. The third-order valence-corrected chi connectivity index (χ3v) is 4.20. The van der Waals surface area contributed by atoms with E-state index in [2.05, 4.69) is 0 Å². The van der Waals surface area contributed by atoms with Crippen LogP contribution in [0.15, 0.2) is 0 Å². The molecule has 8 nitrogen and oxygen atoms in total. The molecule has 3 aliphatic heterocycles. The number of rotatable bonds is 17. The molecule has 0 saturated carbocycles. The van der Waals surface area contributed by atoms with Gasteiger partial charge in [-0.3, -0.25) is 0 Å². The highest BCUT2D eigenvalue weighted by Crippen LogP contribution is 2.24. The number of aliphatic hydroxyl groups excluding tert-OH is 1. The van der Waals surface area contributed by atoms with Crippen LogP contribution in [-0.4, -0.2) is 103 Å². The van der Waals surface area contributed by atoms with Gasteiger partial charge in [-0.25, -0.2) is 0 Å². The van der Waals surface area contributed by atoms with Crippen LogP contribution in [0.5, 0.6) is 0 Å². The van der Waals surface area contributed by atoms with Crippen molar-refractivity contribution in [3.05, 3.63) is 0 Å². The smallest absolute Gasteiger partial charge is 0.104 e. The van der Waals surface area contributed by atoms with E-state index in [1.54, 1.807) is 0 Å². The zero-order valence-corrected chi connectivity index (χ0v) is 14.7. The second kappa shape index (κ2) is 10.1. The van der Waals surface area contributed by atoms with Crippen molar-refractivity contribution in [1.82, 2.24) is 0 Å². The Hall–Kier alpha value is -0.320. The number of hydrogen-bond donors (Lipinski definition) is 1. The minimum Gasteiger partial charge on any atom is -0.396 e. The molecule has 25 heavy (non-hydrogen) atoms. The van der Waals surface area contributed by atoms with Crippen LogP contribution in [0.3, 0.4) is 0 Å². The van der Waals surface area contributed by atoms with Gasteiger partial charge in [0.25, 0.3) is 0 Å². The van der Waals surface area contributed by atoms with Crippen molar-refractivity contribution < 1.29 is 38.3 Å². The largest absolute Gasteiger partial charge is 0.396 e. The lowest BCUT2D eigenvalue weighted by Crippen LogP contribution is -2.42. The van der Waals surface area contributed by atoms with Gasteiger partial charge in [0.15, 0.2) is 0 Å². The Morgan fingerprint density at radius 3 is 1.48 bits per heavy atom. The van der Waals surface area contributed by atoms with E-state index in [-0.39, 0.29) is 24.9 Å². The average molecular weight is 362 g/mol. The molecule has 3 heterocycles. The fourth-order valence-electron chi connectivity index (χ4n) is 2.42. The van der Waals surface area contributed by atoms with Crippen molar-refractivity contribution in [2.45, 2.75) is 24.7 Å². The van der Waals surface area contributed by atoms with E-state index in [1.807, 2.05) is 0 Å². The van der Waals surface area contributed by atoms with E-state index in [9.17, 15) is 0 Å². The first-order valence-corrected chi connectivity index (χ1v) is 9.06. The third kappa shape index (κ3) is 8.27. The molecule has 0 aromatic rings. The molecule has 1 N–H and O–H groups in total. The Morgan fingerprint density at radius 1 is 0.720 bits per heavy atom. The Labute approximate surface area is 148 Å². The predicted octanol–water partition coefficient (Wildman–Crippen LogP) is -0.382. The molecule has 3 aliphatic rings. The summed E-state index contributed by atoms with van der Waals surface area (Å²) >= 11 is 0. The summed E-state index contributed by atoms with van der Waals surface area (Å²) in [5.41, 5.74) is -0.395. The van der Waals surface area contributed by atoms with Gasteiger partial charge < -0.3 is 38.3 Å². The van der Waals surface area contributed by atoms with Gasteiger partial charge >= 0.3 is 0 Å². The fraction of sp³-hybridized carbons (Fsp3) is 1.00. The van der Waals surface area contributed by atoms with E-state index in [1.165, 1.54) is 0 Å². The van der Waals surface area contributed by atoms with Crippen LogP contribution in [0.25, 0.3) is 0 Å². The highest BCUT2D eigenvalue weighted by Gasteiger charge is 2.36. The first-order valence-electron chi connectivity index (χ1n) is 9.06. The van der Waals surface area contributed by atoms with Gasteiger partial charge in [0.1, 0.15) is 18.3 Å². The summed E-state index contributed by atoms with van der Waals surface area (Å²) in [6.45, 7) is 6.54. The maximum absolute atomic E-state index is 8.93. The van der Waals surface area contributed by atoms with Crippen LogP contribution in [0.1, 0.15) is 6.42 Å². The van der Waals surface area contributed by atoms with Crippen LogP contribution in [0.2, 0.25) is 0 Å². The van der Waals surface area contributed by atoms with E-state index in [0.29, 0.717) is 59.3 Å². The Bertz CT molecular complexity index is 322. The van der Waals surface area contributed by atoms with Crippen LogP contribution in [0, 0.1) is 5.41 Å². The molecule has 3 unspecified atom stereocenters. The lowest BCUT2D eigenvalue weighted by atomic mass is 9.92. The molecule has 3 saturated heterocycles. The molecule has 0 aromatic heterocycles. The summed E-state index contributed by atoms with van der Waals surface area (Å²) < 4.78 is 38.9. The number of epoxide rings is 3. The number of aliphatic hydroxyl groups is 1. The van der Waals surface area contributed by atoms with Gasteiger partial charge in [-0.05, 0) is 6.42 Å². The molecular weight excluding hydrogens is 332 g/mol. The molecule has 3 fully saturated rings. The van der Waals surface area contributed by atoms with Crippen LogP contribution >= 0.6 is 0 Å². The molecule has 0 amide bonds. The van der Waals surface area contributed by atoms with Gasteiger partial charge in [-0.1, -0.05) is 0 Å². The molecule has 8 heteroatoms. The van der Waals surface area contributed by atoms with Crippen molar-refractivity contribution in [2.75, 3.05) is 79.3 Å². The topological polar surface area (TPSA) is 94.7 Å². The van der Waals surface area contributed by atoms with E-state index in [4.69, 9.17) is 38.3 Å². The van der Waals surface area contributed by atoms with Crippen LogP contribution in [-0.2, 0) is 33.2 Å².